The van der Waals surface area contributed by atoms with Crippen LogP contribution in [-0.2, 0) is 14.8 Å². The van der Waals surface area contributed by atoms with E-state index >= 15 is 0 Å². The summed E-state index contributed by atoms with van der Waals surface area (Å²) in [6, 6.07) is 14.6. The SMILES string of the molecule is Cl.Cl.O=C(Nc1ccc2cnccc2c1)C1CC1c1ccc(S(=O)(=O)NCC2CCNCC2)cc1. The highest BCUT2D eigenvalue weighted by Gasteiger charge is 2.44. The molecule has 3 N–H and O–H groups in total. The van der Waals surface area contributed by atoms with Crippen LogP contribution >= 0.6 is 24.8 Å². The third-order valence-corrected chi connectivity index (χ3v) is 8.11. The van der Waals surface area contributed by atoms with Gasteiger partial charge in [0.05, 0.1) is 4.90 Å². The molecule has 2 unspecified atom stereocenters. The van der Waals surface area contributed by atoms with E-state index in [1.807, 2.05) is 36.4 Å². The number of aromatic nitrogens is 1. The van der Waals surface area contributed by atoms with Gasteiger partial charge in [0.15, 0.2) is 0 Å². The molecule has 1 aromatic heterocycles. The average molecular weight is 538 g/mol. The molecule has 0 spiro atoms. The van der Waals surface area contributed by atoms with Crippen molar-refractivity contribution in [1.82, 2.24) is 15.0 Å². The molecule has 1 aliphatic carbocycles. The van der Waals surface area contributed by atoms with E-state index < -0.39 is 10.0 Å². The number of nitrogens with zero attached hydrogens (tertiary/aromatic N) is 1. The molecule has 2 aliphatic rings. The number of amides is 1. The Hall–Kier alpha value is -2.23. The lowest BCUT2D eigenvalue weighted by Gasteiger charge is -2.22. The molecule has 2 atom stereocenters. The van der Waals surface area contributed by atoms with Gasteiger partial charge < -0.3 is 10.6 Å². The van der Waals surface area contributed by atoms with Crippen LogP contribution in [0.3, 0.4) is 0 Å². The molecule has 1 saturated heterocycles. The Balaban J connectivity index is 0.00000171. The highest BCUT2D eigenvalue weighted by molar-refractivity contribution is 7.89. The lowest BCUT2D eigenvalue weighted by molar-refractivity contribution is -0.117. The molecule has 2 aromatic carbocycles. The van der Waals surface area contributed by atoms with Crippen molar-refractivity contribution in [3.05, 3.63) is 66.5 Å². The monoisotopic (exact) mass is 536 g/mol. The van der Waals surface area contributed by atoms with Crippen LogP contribution in [0.15, 0.2) is 65.8 Å². The van der Waals surface area contributed by atoms with Crippen molar-refractivity contribution in [2.45, 2.75) is 30.1 Å². The Kier molecular flexibility index (Phi) is 9.12. The largest absolute Gasteiger partial charge is 0.326 e. The minimum atomic E-state index is -3.52. The predicted octanol–water partition coefficient (Wildman–Crippen LogP) is 4.10. The van der Waals surface area contributed by atoms with Gasteiger partial charge in [0.25, 0.3) is 0 Å². The number of benzene rings is 2. The van der Waals surface area contributed by atoms with Gasteiger partial charge in [0, 0.05) is 35.9 Å². The number of rotatable bonds is 7. The minimum absolute atomic E-state index is 0. The van der Waals surface area contributed by atoms with Gasteiger partial charge in [-0.1, -0.05) is 18.2 Å². The number of piperidine rings is 1. The topological polar surface area (TPSA) is 100 Å². The number of anilines is 1. The molecule has 3 aromatic rings. The summed E-state index contributed by atoms with van der Waals surface area (Å²) < 4.78 is 28.0. The van der Waals surface area contributed by atoms with Crippen molar-refractivity contribution >= 4 is 57.2 Å². The van der Waals surface area contributed by atoms with Gasteiger partial charge in [-0.3, -0.25) is 9.78 Å². The maximum atomic E-state index is 12.7. The predicted molar refractivity (Wildman–Crippen MR) is 143 cm³/mol. The second-order valence-electron chi connectivity index (χ2n) is 8.99. The van der Waals surface area contributed by atoms with Crippen molar-refractivity contribution < 1.29 is 13.2 Å². The summed E-state index contributed by atoms with van der Waals surface area (Å²) in [4.78, 5) is 17.1. The molecule has 0 bridgehead atoms. The molecule has 1 aliphatic heterocycles. The summed E-state index contributed by atoms with van der Waals surface area (Å²) in [5, 5.41) is 8.36. The van der Waals surface area contributed by atoms with Crippen LogP contribution < -0.4 is 15.4 Å². The number of carbonyl (C=O) groups excluding carboxylic acids is 1. The van der Waals surface area contributed by atoms with Crippen LogP contribution in [0.2, 0.25) is 0 Å². The first-order chi connectivity index (χ1) is 16.0. The standard InChI is InChI=1S/C25H28N4O3S.2ClH/c30-25(29-21-4-1-20-16-27-12-9-19(20)13-21)24-14-23(24)18-2-5-22(6-3-18)33(31,32)28-15-17-7-10-26-11-8-17;;/h1-6,9,12-13,16-17,23-24,26,28H,7-8,10-11,14-15H2,(H,29,30);2*1H. The highest BCUT2D eigenvalue weighted by atomic mass is 35.5. The molecule has 35 heavy (non-hydrogen) atoms. The molecular weight excluding hydrogens is 507 g/mol. The molecule has 2 fully saturated rings. The first-order valence-corrected chi connectivity index (χ1v) is 12.9. The van der Waals surface area contributed by atoms with Gasteiger partial charge in [-0.2, -0.15) is 0 Å². The van der Waals surface area contributed by atoms with Crippen LogP contribution in [0.1, 0.15) is 30.7 Å². The fraction of sp³-hybridized carbons (Fsp3) is 0.360. The summed E-state index contributed by atoms with van der Waals surface area (Å²) >= 11 is 0. The Morgan fingerprint density at radius 2 is 1.74 bits per heavy atom. The first kappa shape index (κ1) is 27.4. The Bertz CT molecular complexity index is 1270. The summed E-state index contributed by atoms with van der Waals surface area (Å²) in [5.74, 6) is 0.395. The second-order valence-corrected chi connectivity index (χ2v) is 10.8. The van der Waals surface area contributed by atoms with Crippen LogP contribution in [0, 0.1) is 11.8 Å². The van der Waals surface area contributed by atoms with Crippen LogP contribution in [-0.4, -0.2) is 38.9 Å². The van der Waals surface area contributed by atoms with E-state index in [0.29, 0.717) is 12.5 Å². The third-order valence-electron chi connectivity index (χ3n) is 6.67. The molecule has 1 saturated carbocycles. The van der Waals surface area contributed by atoms with E-state index in [1.54, 1.807) is 24.5 Å². The van der Waals surface area contributed by atoms with Gasteiger partial charge in [0.1, 0.15) is 0 Å². The van der Waals surface area contributed by atoms with E-state index in [2.05, 4.69) is 20.3 Å². The molecule has 188 valence electrons. The normalized spacial score (nSPS) is 19.9. The van der Waals surface area contributed by atoms with Gasteiger partial charge in [-0.15, -0.1) is 24.8 Å². The Labute approximate surface area is 218 Å². The van der Waals surface area contributed by atoms with Crippen molar-refractivity contribution in [2.24, 2.45) is 11.8 Å². The van der Waals surface area contributed by atoms with Gasteiger partial charge >= 0.3 is 0 Å². The molecule has 7 nitrogen and oxygen atoms in total. The van der Waals surface area contributed by atoms with E-state index in [1.165, 1.54) is 0 Å². The number of hydrogen-bond donors (Lipinski definition) is 3. The van der Waals surface area contributed by atoms with E-state index in [0.717, 1.165) is 54.4 Å². The Morgan fingerprint density at radius 1 is 1.00 bits per heavy atom. The Morgan fingerprint density at radius 3 is 2.49 bits per heavy atom. The summed E-state index contributed by atoms with van der Waals surface area (Å²) in [5.41, 5.74) is 1.77. The number of nitrogens with one attached hydrogen (secondary N) is 3. The van der Waals surface area contributed by atoms with Crippen molar-refractivity contribution in [2.75, 3.05) is 25.0 Å². The second kappa shape index (κ2) is 11.7. The summed E-state index contributed by atoms with van der Waals surface area (Å²) in [7, 11) is -3.52. The molecule has 5 rings (SSSR count). The fourth-order valence-electron chi connectivity index (χ4n) is 4.54. The van der Waals surface area contributed by atoms with Gasteiger partial charge in [-0.25, -0.2) is 13.1 Å². The highest BCUT2D eigenvalue weighted by Crippen LogP contribution is 2.48. The lowest BCUT2D eigenvalue weighted by atomic mass is 9.99. The fourth-order valence-corrected chi connectivity index (χ4v) is 5.66. The minimum Gasteiger partial charge on any atom is -0.326 e. The molecule has 2 heterocycles. The third kappa shape index (κ3) is 6.51. The smallest absolute Gasteiger partial charge is 0.240 e. The quantitative estimate of drug-likeness (QED) is 0.422. The average Bonchev–Trinajstić information content (AvgIpc) is 3.65. The van der Waals surface area contributed by atoms with E-state index in [4.69, 9.17) is 0 Å². The van der Waals surface area contributed by atoms with E-state index in [-0.39, 0.29) is 47.5 Å². The number of pyridine rings is 1. The lowest BCUT2D eigenvalue weighted by Crippen LogP contribution is -2.35. The van der Waals surface area contributed by atoms with Gasteiger partial charge in [-0.05, 0) is 85.5 Å². The molecule has 0 radical (unpaired) electrons. The number of fused-ring (bicyclic) bond motifs is 1. The van der Waals surface area contributed by atoms with Crippen molar-refractivity contribution in [3.63, 3.8) is 0 Å². The number of halogens is 2. The summed E-state index contributed by atoms with van der Waals surface area (Å²) in [6.07, 6.45) is 6.28. The number of sulfonamides is 1. The maximum Gasteiger partial charge on any atom is 0.240 e. The molecule has 1 amide bonds. The zero-order valence-electron chi connectivity index (χ0n) is 19.1. The number of carbonyl (C=O) groups is 1. The summed E-state index contributed by atoms with van der Waals surface area (Å²) in [6.45, 7) is 2.35. The first-order valence-electron chi connectivity index (χ1n) is 11.4. The van der Waals surface area contributed by atoms with Gasteiger partial charge in [0.2, 0.25) is 15.9 Å². The van der Waals surface area contributed by atoms with Crippen molar-refractivity contribution in [1.29, 1.82) is 0 Å². The maximum absolute atomic E-state index is 12.7. The van der Waals surface area contributed by atoms with E-state index in [9.17, 15) is 13.2 Å². The zero-order valence-corrected chi connectivity index (χ0v) is 21.6. The molecule has 10 heteroatoms. The van der Waals surface area contributed by atoms with Crippen LogP contribution in [0.5, 0.6) is 0 Å². The number of hydrogen-bond acceptors (Lipinski definition) is 5. The zero-order chi connectivity index (χ0) is 22.8. The van der Waals surface area contributed by atoms with Crippen LogP contribution in [0.25, 0.3) is 10.8 Å². The van der Waals surface area contributed by atoms with Crippen LogP contribution in [0.4, 0.5) is 5.69 Å². The molecular formula is C25H30Cl2N4O3S. The van der Waals surface area contributed by atoms with Crippen molar-refractivity contribution in [3.8, 4) is 0 Å².